The minimum absolute atomic E-state index is 0.202. The number of rotatable bonds is 4. The van der Waals surface area contributed by atoms with Crippen molar-refractivity contribution in [1.29, 1.82) is 0 Å². The van der Waals surface area contributed by atoms with Gasteiger partial charge in [-0.15, -0.1) is 11.6 Å². The van der Waals surface area contributed by atoms with E-state index in [9.17, 15) is 0 Å². The second-order valence-electron chi connectivity index (χ2n) is 6.39. The molecule has 0 aromatic heterocycles. The lowest BCUT2D eigenvalue weighted by Gasteiger charge is -2.42. The average molecular weight is 309 g/mol. The van der Waals surface area contributed by atoms with Crippen molar-refractivity contribution in [2.45, 2.75) is 49.9 Å². The molecule has 3 aliphatic rings. The van der Waals surface area contributed by atoms with Crippen molar-refractivity contribution in [1.82, 2.24) is 4.90 Å². The van der Waals surface area contributed by atoms with Crippen molar-refractivity contribution in [3.8, 4) is 0 Å². The molecular weight excluding hydrogens is 284 g/mol. The van der Waals surface area contributed by atoms with E-state index in [1.807, 2.05) is 0 Å². The summed E-state index contributed by atoms with van der Waals surface area (Å²) in [6.45, 7) is 2.40. The predicted octanol–water partition coefficient (Wildman–Crippen LogP) is 3.75. The van der Waals surface area contributed by atoms with Crippen LogP contribution in [0.1, 0.15) is 38.5 Å². The molecule has 4 heteroatoms. The molecule has 0 aromatic carbocycles. The summed E-state index contributed by atoms with van der Waals surface area (Å²) in [5, 5.41) is 4.35. The molecule has 0 radical (unpaired) electrons. The van der Waals surface area contributed by atoms with Crippen LogP contribution in [-0.4, -0.2) is 42.2 Å². The Labute approximate surface area is 132 Å². The Balaban J connectivity index is 1.45. The van der Waals surface area contributed by atoms with Gasteiger partial charge in [0, 0.05) is 0 Å². The number of oxime groups is 1. The van der Waals surface area contributed by atoms with Crippen molar-refractivity contribution in [2.24, 2.45) is 11.1 Å². The Kier molecular flexibility index (Phi) is 5.02. The number of nitrogens with zero attached hydrogens (tertiary/aromatic N) is 2. The SMILES string of the molecule is CO/N=C1\CCC1N1CCC(CC2=CCC(Cl)C=C2)CC1. The van der Waals surface area contributed by atoms with Gasteiger partial charge in [0.25, 0.3) is 0 Å². The van der Waals surface area contributed by atoms with E-state index in [0.29, 0.717) is 6.04 Å². The largest absolute Gasteiger partial charge is 0.399 e. The highest BCUT2D eigenvalue weighted by Gasteiger charge is 2.34. The first-order chi connectivity index (χ1) is 10.3. The summed E-state index contributed by atoms with van der Waals surface area (Å²) in [6, 6.07) is 0.552. The van der Waals surface area contributed by atoms with Crippen LogP contribution in [0.15, 0.2) is 29.0 Å². The van der Waals surface area contributed by atoms with E-state index in [-0.39, 0.29) is 5.38 Å². The van der Waals surface area contributed by atoms with Gasteiger partial charge >= 0.3 is 0 Å². The van der Waals surface area contributed by atoms with Crippen molar-refractivity contribution in [2.75, 3.05) is 20.2 Å². The molecule has 1 aliphatic heterocycles. The number of alkyl halides is 1. The standard InChI is InChI=1S/C17H25ClN2O/c1-21-19-16-6-7-17(16)20-10-8-14(9-11-20)12-13-2-4-15(18)5-3-13/h2-4,14-15,17H,5-12H2,1H3/b19-16+. The third-order valence-electron chi connectivity index (χ3n) is 5.01. The van der Waals surface area contributed by atoms with Gasteiger partial charge in [-0.2, -0.15) is 0 Å². The zero-order chi connectivity index (χ0) is 14.7. The Bertz CT molecular complexity index is 450. The van der Waals surface area contributed by atoms with Gasteiger partial charge in [-0.25, -0.2) is 0 Å². The first kappa shape index (κ1) is 15.1. The van der Waals surface area contributed by atoms with Gasteiger partial charge in [-0.3, -0.25) is 4.90 Å². The van der Waals surface area contributed by atoms with E-state index in [0.717, 1.165) is 18.8 Å². The van der Waals surface area contributed by atoms with Gasteiger partial charge in [0.05, 0.1) is 17.1 Å². The molecule has 2 atom stereocenters. The van der Waals surface area contributed by atoms with Crippen LogP contribution in [0, 0.1) is 5.92 Å². The van der Waals surface area contributed by atoms with Gasteiger partial charge in [0.1, 0.15) is 7.11 Å². The lowest BCUT2D eigenvalue weighted by Crippen LogP contribution is -2.50. The van der Waals surface area contributed by atoms with Crippen molar-refractivity contribution in [3.63, 3.8) is 0 Å². The molecule has 0 aromatic rings. The van der Waals surface area contributed by atoms with E-state index in [4.69, 9.17) is 16.4 Å². The number of allylic oxidation sites excluding steroid dienone is 4. The third-order valence-corrected chi connectivity index (χ3v) is 5.33. The molecule has 1 saturated carbocycles. The highest BCUT2D eigenvalue weighted by Crippen LogP contribution is 2.31. The molecule has 3 rings (SSSR count). The van der Waals surface area contributed by atoms with E-state index >= 15 is 0 Å². The third kappa shape index (κ3) is 3.70. The number of hydrogen-bond acceptors (Lipinski definition) is 3. The first-order valence-electron chi connectivity index (χ1n) is 8.11. The molecule has 0 spiro atoms. The minimum Gasteiger partial charge on any atom is -0.399 e. The van der Waals surface area contributed by atoms with Crippen LogP contribution in [0.2, 0.25) is 0 Å². The summed E-state index contributed by atoms with van der Waals surface area (Å²) in [7, 11) is 1.64. The molecule has 1 heterocycles. The predicted molar refractivity (Wildman–Crippen MR) is 87.9 cm³/mol. The van der Waals surface area contributed by atoms with Gasteiger partial charge in [0.15, 0.2) is 0 Å². The van der Waals surface area contributed by atoms with Crippen molar-refractivity contribution < 1.29 is 4.84 Å². The maximum Gasteiger partial charge on any atom is 0.106 e. The van der Waals surface area contributed by atoms with Crippen LogP contribution in [0.3, 0.4) is 0 Å². The monoisotopic (exact) mass is 308 g/mol. The highest BCUT2D eigenvalue weighted by atomic mass is 35.5. The Morgan fingerprint density at radius 3 is 2.71 bits per heavy atom. The molecule has 2 aliphatic carbocycles. The maximum absolute atomic E-state index is 6.08. The second-order valence-corrected chi connectivity index (χ2v) is 6.95. The van der Waals surface area contributed by atoms with E-state index in [1.165, 1.54) is 50.1 Å². The quantitative estimate of drug-likeness (QED) is 0.584. The van der Waals surface area contributed by atoms with E-state index in [2.05, 4.69) is 28.3 Å². The molecule has 116 valence electrons. The van der Waals surface area contributed by atoms with Gasteiger partial charge in [0.2, 0.25) is 0 Å². The van der Waals surface area contributed by atoms with Gasteiger partial charge in [-0.05, 0) is 57.5 Å². The summed E-state index contributed by atoms with van der Waals surface area (Å²) >= 11 is 6.08. The molecule has 2 fully saturated rings. The fourth-order valence-corrected chi connectivity index (χ4v) is 3.77. The number of piperidine rings is 1. The number of hydrogen-bond donors (Lipinski definition) is 0. The highest BCUT2D eigenvalue weighted by molar-refractivity contribution is 6.22. The van der Waals surface area contributed by atoms with E-state index in [1.54, 1.807) is 7.11 Å². The molecule has 0 amide bonds. The molecular formula is C17H25ClN2O. The van der Waals surface area contributed by atoms with Crippen molar-refractivity contribution >= 4 is 17.3 Å². The molecule has 3 nitrogen and oxygen atoms in total. The summed E-state index contributed by atoms with van der Waals surface area (Å²) in [6.07, 6.45) is 13.8. The molecule has 0 bridgehead atoms. The lowest BCUT2D eigenvalue weighted by atomic mass is 9.84. The lowest BCUT2D eigenvalue weighted by molar-refractivity contribution is 0.136. The number of likely N-dealkylation sites (tertiary alicyclic amines) is 1. The number of halogens is 1. The average Bonchev–Trinajstić information content (AvgIpc) is 2.48. The molecule has 1 saturated heterocycles. The normalized spacial score (nSPS) is 32.9. The van der Waals surface area contributed by atoms with Crippen LogP contribution >= 0.6 is 11.6 Å². The second kappa shape index (κ2) is 6.97. The van der Waals surface area contributed by atoms with Crippen LogP contribution < -0.4 is 0 Å². The summed E-state index contributed by atoms with van der Waals surface area (Å²) < 4.78 is 0. The smallest absolute Gasteiger partial charge is 0.106 e. The topological polar surface area (TPSA) is 24.8 Å². The Morgan fingerprint density at radius 2 is 2.14 bits per heavy atom. The molecule has 2 unspecified atom stereocenters. The summed E-state index contributed by atoms with van der Waals surface area (Å²) in [4.78, 5) is 7.53. The zero-order valence-corrected chi connectivity index (χ0v) is 13.6. The summed E-state index contributed by atoms with van der Waals surface area (Å²) in [5.74, 6) is 0.826. The fourth-order valence-electron chi connectivity index (χ4n) is 3.61. The maximum atomic E-state index is 6.08. The first-order valence-corrected chi connectivity index (χ1v) is 8.55. The van der Waals surface area contributed by atoms with Gasteiger partial charge in [-0.1, -0.05) is 29.0 Å². The van der Waals surface area contributed by atoms with Crippen LogP contribution in [0.5, 0.6) is 0 Å². The Morgan fingerprint density at radius 1 is 1.33 bits per heavy atom. The van der Waals surface area contributed by atoms with Crippen LogP contribution in [0.4, 0.5) is 0 Å². The Hall–Kier alpha value is -0.800. The van der Waals surface area contributed by atoms with Crippen LogP contribution in [-0.2, 0) is 4.84 Å². The summed E-state index contributed by atoms with van der Waals surface area (Å²) in [5.41, 5.74) is 2.72. The van der Waals surface area contributed by atoms with E-state index < -0.39 is 0 Å². The fraction of sp³-hybridized carbons (Fsp3) is 0.706. The van der Waals surface area contributed by atoms with Crippen LogP contribution in [0.25, 0.3) is 0 Å². The molecule has 0 N–H and O–H groups in total. The van der Waals surface area contributed by atoms with Crippen molar-refractivity contribution in [3.05, 3.63) is 23.8 Å². The minimum atomic E-state index is 0.202. The zero-order valence-electron chi connectivity index (χ0n) is 12.8. The van der Waals surface area contributed by atoms with Gasteiger partial charge < -0.3 is 4.84 Å². The molecule has 21 heavy (non-hydrogen) atoms.